The van der Waals surface area contributed by atoms with E-state index in [4.69, 9.17) is 5.84 Å². The lowest BCUT2D eigenvalue weighted by molar-refractivity contribution is -0.120. The van der Waals surface area contributed by atoms with Crippen molar-refractivity contribution in [3.63, 3.8) is 0 Å². The number of thioether (sulfide) groups is 1. The Morgan fingerprint density at radius 2 is 2.05 bits per heavy atom. The van der Waals surface area contributed by atoms with Crippen molar-refractivity contribution in [3.05, 3.63) is 29.8 Å². The predicted molar refractivity (Wildman–Crippen MR) is 86.8 cm³/mol. The van der Waals surface area contributed by atoms with E-state index in [1.54, 1.807) is 0 Å². The third kappa shape index (κ3) is 3.24. The normalized spacial score (nSPS) is 15.5. The van der Waals surface area contributed by atoms with Crippen LogP contribution in [0.2, 0.25) is 0 Å². The Morgan fingerprint density at radius 1 is 1.36 bits per heavy atom. The van der Waals surface area contributed by atoms with Gasteiger partial charge in [0.05, 0.1) is 5.25 Å². The summed E-state index contributed by atoms with van der Waals surface area (Å²) < 4.78 is 1.44. The minimum Gasteiger partial charge on any atom is -0.352 e. The van der Waals surface area contributed by atoms with E-state index in [-0.39, 0.29) is 11.2 Å². The van der Waals surface area contributed by atoms with E-state index in [1.165, 1.54) is 22.0 Å². The molecule has 0 spiro atoms. The van der Waals surface area contributed by atoms with Gasteiger partial charge in [0.1, 0.15) is 0 Å². The molecule has 1 heterocycles. The van der Waals surface area contributed by atoms with Crippen LogP contribution in [0.3, 0.4) is 0 Å². The number of carbonyl (C=O) groups excluding carboxylic acids is 1. The molecule has 0 unspecified atom stereocenters. The predicted octanol–water partition coefficient (Wildman–Crippen LogP) is 1.73. The average molecular weight is 317 g/mol. The number of nitrogens with one attached hydrogen (secondary N) is 1. The topological polar surface area (TPSA) is 85.8 Å². The summed E-state index contributed by atoms with van der Waals surface area (Å²) in [4.78, 5) is 12.0. The molecular weight excluding hydrogens is 298 g/mol. The van der Waals surface area contributed by atoms with Gasteiger partial charge in [0.15, 0.2) is 5.82 Å². The van der Waals surface area contributed by atoms with Crippen LogP contribution < -0.4 is 11.2 Å². The summed E-state index contributed by atoms with van der Waals surface area (Å²) in [6.07, 6.45) is 2.15. The van der Waals surface area contributed by atoms with Gasteiger partial charge in [0, 0.05) is 11.6 Å². The zero-order valence-corrected chi connectivity index (χ0v) is 13.4. The summed E-state index contributed by atoms with van der Waals surface area (Å²) in [7, 11) is 0. The Morgan fingerprint density at radius 3 is 2.68 bits per heavy atom. The molecule has 1 fully saturated rings. The summed E-state index contributed by atoms with van der Waals surface area (Å²) >= 11 is 1.32. The second kappa shape index (κ2) is 6.00. The highest BCUT2D eigenvalue weighted by molar-refractivity contribution is 8.00. The first-order valence-electron chi connectivity index (χ1n) is 7.29. The highest BCUT2D eigenvalue weighted by atomic mass is 32.2. The van der Waals surface area contributed by atoms with E-state index in [0.29, 0.717) is 17.0 Å². The highest BCUT2D eigenvalue weighted by Gasteiger charge is 2.27. The molecule has 1 aromatic carbocycles. The Bertz CT molecular complexity index is 678. The van der Waals surface area contributed by atoms with E-state index in [2.05, 4.69) is 15.5 Å². The van der Waals surface area contributed by atoms with E-state index in [1.807, 2.05) is 38.1 Å². The van der Waals surface area contributed by atoms with Crippen LogP contribution in [0.1, 0.15) is 25.3 Å². The van der Waals surface area contributed by atoms with Gasteiger partial charge in [0.25, 0.3) is 0 Å². The van der Waals surface area contributed by atoms with Crippen molar-refractivity contribution in [2.45, 2.75) is 43.1 Å². The maximum absolute atomic E-state index is 12.0. The lowest BCUT2D eigenvalue weighted by atomic mass is 10.1. The number of aryl methyl sites for hydroxylation is 1. The van der Waals surface area contributed by atoms with Crippen LogP contribution in [-0.2, 0) is 4.79 Å². The number of nitrogen functional groups attached to an aromatic ring is 1. The molecule has 6 nitrogen and oxygen atoms in total. The van der Waals surface area contributed by atoms with Crippen LogP contribution >= 0.6 is 11.8 Å². The Hall–Kier alpha value is -2.02. The molecule has 0 radical (unpaired) electrons. The number of carbonyl (C=O) groups is 1. The van der Waals surface area contributed by atoms with Crippen molar-refractivity contribution >= 4 is 17.7 Å². The maximum Gasteiger partial charge on any atom is 0.233 e. The zero-order valence-electron chi connectivity index (χ0n) is 12.6. The summed E-state index contributed by atoms with van der Waals surface area (Å²) in [5, 5.41) is 11.5. The van der Waals surface area contributed by atoms with Gasteiger partial charge < -0.3 is 11.2 Å². The molecule has 1 aliphatic carbocycles. The number of amides is 1. The van der Waals surface area contributed by atoms with Crippen LogP contribution in [0.4, 0.5) is 0 Å². The number of benzene rings is 1. The third-order valence-corrected chi connectivity index (χ3v) is 4.61. The molecule has 0 bridgehead atoms. The number of rotatable bonds is 5. The van der Waals surface area contributed by atoms with Gasteiger partial charge >= 0.3 is 0 Å². The van der Waals surface area contributed by atoms with Crippen molar-refractivity contribution < 1.29 is 4.79 Å². The monoisotopic (exact) mass is 317 g/mol. The van der Waals surface area contributed by atoms with Crippen LogP contribution in [0.25, 0.3) is 11.4 Å². The van der Waals surface area contributed by atoms with E-state index >= 15 is 0 Å². The molecule has 2 aromatic rings. The molecule has 1 aromatic heterocycles. The lowest BCUT2D eigenvalue weighted by Gasteiger charge is -2.10. The maximum atomic E-state index is 12.0. The fraction of sp³-hybridized carbons (Fsp3) is 0.400. The van der Waals surface area contributed by atoms with E-state index < -0.39 is 0 Å². The van der Waals surface area contributed by atoms with Gasteiger partial charge in [0.2, 0.25) is 11.1 Å². The molecule has 7 heteroatoms. The van der Waals surface area contributed by atoms with Crippen molar-refractivity contribution in [3.8, 4) is 11.4 Å². The van der Waals surface area contributed by atoms with Crippen LogP contribution in [0, 0.1) is 6.92 Å². The van der Waals surface area contributed by atoms with Crippen LogP contribution in [0.5, 0.6) is 0 Å². The molecule has 3 N–H and O–H groups in total. The first kappa shape index (κ1) is 14.9. The fourth-order valence-electron chi connectivity index (χ4n) is 2.01. The van der Waals surface area contributed by atoms with E-state index in [9.17, 15) is 4.79 Å². The molecule has 1 amide bonds. The Kier molecular flexibility index (Phi) is 4.06. The van der Waals surface area contributed by atoms with Crippen molar-refractivity contribution in [1.29, 1.82) is 0 Å². The SMILES string of the molecule is Cc1ccc(-c2nnc(S[C@@H](C)C(=O)NC3CC3)n2N)cc1. The fourth-order valence-corrected chi connectivity index (χ4v) is 2.79. The minimum atomic E-state index is -0.252. The van der Waals surface area contributed by atoms with E-state index in [0.717, 1.165) is 18.4 Å². The third-order valence-electron chi connectivity index (χ3n) is 3.55. The molecule has 116 valence electrons. The molecule has 0 saturated heterocycles. The summed E-state index contributed by atoms with van der Waals surface area (Å²) in [5.74, 6) is 6.69. The van der Waals surface area contributed by atoms with Crippen molar-refractivity contribution in [2.75, 3.05) is 5.84 Å². The number of hydrogen-bond acceptors (Lipinski definition) is 5. The minimum absolute atomic E-state index is 0.0207. The van der Waals surface area contributed by atoms with Gasteiger partial charge in [-0.05, 0) is 26.7 Å². The second-order valence-electron chi connectivity index (χ2n) is 5.59. The summed E-state index contributed by atoms with van der Waals surface area (Å²) in [5.41, 5.74) is 2.08. The molecule has 1 atom stereocenters. The van der Waals surface area contributed by atoms with Gasteiger partial charge in [-0.2, -0.15) is 0 Å². The standard InChI is InChI=1S/C15H19N5OS/c1-9-3-5-11(6-4-9)13-18-19-15(20(13)16)22-10(2)14(21)17-12-7-8-12/h3-6,10,12H,7-8,16H2,1-2H3,(H,17,21)/t10-/m0/s1. The molecule has 22 heavy (non-hydrogen) atoms. The van der Waals surface area contributed by atoms with Gasteiger partial charge in [-0.1, -0.05) is 41.6 Å². The Labute approximate surface area is 133 Å². The van der Waals surface area contributed by atoms with Crippen LogP contribution in [-0.4, -0.2) is 32.1 Å². The molecule has 0 aliphatic heterocycles. The number of nitrogens with zero attached hydrogens (tertiary/aromatic N) is 3. The molecular formula is C15H19N5OS. The van der Waals surface area contributed by atoms with Gasteiger partial charge in [-0.15, -0.1) is 10.2 Å². The zero-order chi connectivity index (χ0) is 15.7. The summed E-state index contributed by atoms with van der Waals surface area (Å²) in [6.45, 7) is 3.88. The molecule has 1 saturated carbocycles. The van der Waals surface area contributed by atoms with Gasteiger partial charge in [-0.25, -0.2) is 4.68 Å². The molecule has 1 aliphatic rings. The smallest absolute Gasteiger partial charge is 0.233 e. The highest BCUT2D eigenvalue weighted by Crippen LogP contribution is 2.26. The first-order chi connectivity index (χ1) is 10.5. The van der Waals surface area contributed by atoms with Crippen molar-refractivity contribution in [1.82, 2.24) is 20.2 Å². The van der Waals surface area contributed by atoms with Gasteiger partial charge in [-0.3, -0.25) is 4.79 Å². The summed E-state index contributed by atoms with van der Waals surface area (Å²) in [6, 6.07) is 8.28. The molecule has 3 rings (SSSR count). The number of hydrogen-bond donors (Lipinski definition) is 2. The van der Waals surface area contributed by atoms with Crippen LogP contribution in [0.15, 0.2) is 29.4 Å². The number of aromatic nitrogens is 3. The second-order valence-corrected chi connectivity index (χ2v) is 6.89. The first-order valence-corrected chi connectivity index (χ1v) is 8.17. The largest absolute Gasteiger partial charge is 0.352 e. The average Bonchev–Trinajstić information content (AvgIpc) is 3.24. The quantitative estimate of drug-likeness (QED) is 0.648. The number of nitrogens with two attached hydrogens (primary N) is 1. The Balaban J connectivity index is 1.72. The van der Waals surface area contributed by atoms with Crippen molar-refractivity contribution in [2.24, 2.45) is 0 Å². The lowest BCUT2D eigenvalue weighted by Crippen LogP contribution is -2.32.